The van der Waals surface area contributed by atoms with Crippen molar-refractivity contribution in [3.05, 3.63) is 24.4 Å². The second-order valence-corrected chi connectivity index (χ2v) is 5.05. The Labute approximate surface area is 106 Å². The second kappa shape index (κ2) is 4.76. The number of anilines is 1. The number of nitrogens with one attached hydrogen (secondary N) is 1. The molecule has 1 amide bonds. The van der Waals surface area contributed by atoms with Gasteiger partial charge in [0.25, 0.3) is 0 Å². The van der Waals surface area contributed by atoms with E-state index in [0.717, 1.165) is 0 Å². The minimum Gasteiger partial charge on any atom is -0.459 e. The molecule has 1 aliphatic heterocycles. The maximum absolute atomic E-state index is 11.8. The normalized spacial score (nSPS) is 21.4. The van der Waals surface area contributed by atoms with Crippen molar-refractivity contribution < 1.29 is 14.3 Å². The number of hydrogen-bond donors (Lipinski definition) is 1. The smallest absolute Gasteiger partial charge is 0.310 e. The number of hydrogen-bond acceptors (Lipinski definition) is 4. The molecule has 1 fully saturated rings. The molecule has 5 heteroatoms. The molecule has 0 spiro atoms. The van der Waals surface area contributed by atoms with Crippen LogP contribution in [-0.4, -0.2) is 22.5 Å². The first-order chi connectivity index (χ1) is 8.46. The Morgan fingerprint density at radius 3 is 2.89 bits per heavy atom. The molecule has 0 bridgehead atoms. The van der Waals surface area contributed by atoms with E-state index in [0.29, 0.717) is 12.2 Å². The van der Waals surface area contributed by atoms with Gasteiger partial charge in [0.1, 0.15) is 11.4 Å². The van der Waals surface area contributed by atoms with Gasteiger partial charge in [0.15, 0.2) is 0 Å². The number of ether oxygens (including phenoxy) is 1. The third-order valence-electron chi connectivity index (χ3n) is 2.81. The Kier molecular flexibility index (Phi) is 3.32. The summed E-state index contributed by atoms with van der Waals surface area (Å²) in [5.74, 6) is -0.374. The van der Waals surface area contributed by atoms with Gasteiger partial charge in [-0.25, -0.2) is 4.98 Å². The lowest BCUT2D eigenvalue weighted by Crippen LogP contribution is -2.20. The number of carbonyl (C=O) groups excluding carboxylic acids is 2. The SMILES string of the molecule is CC1(C)C[C@@H](CC(=O)Nc2ccccn2)C(=O)O1. The Hall–Kier alpha value is -1.91. The maximum Gasteiger partial charge on any atom is 0.310 e. The predicted molar refractivity (Wildman–Crippen MR) is 65.8 cm³/mol. The van der Waals surface area contributed by atoms with Crippen LogP contribution >= 0.6 is 0 Å². The van der Waals surface area contributed by atoms with Crippen molar-refractivity contribution in [2.24, 2.45) is 5.92 Å². The molecule has 1 saturated heterocycles. The number of cyclic esters (lactones) is 1. The Balaban J connectivity index is 1.91. The van der Waals surface area contributed by atoms with Crippen LogP contribution in [0.2, 0.25) is 0 Å². The molecule has 1 aliphatic rings. The molecule has 0 aromatic carbocycles. The van der Waals surface area contributed by atoms with Gasteiger partial charge in [0.2, 0.25) is 5.91 Å². The lowest BCUT2D eigenvalue weighted by Gasteiger charge is -2.14. The quantitative estimate of drug-likeness (QED) is 0.827. The zero-order valence-electron chi connectivity index (χ0n) is 10.5. The van der Waals surface area contributed by atoms with E-state index < -0.39 is 5.60 Å². The van der Waals surface area contributed by atoms with Crippen LogP contribution in [-0.2, 0) is 14.3 Å². The molecule has 0 unspecified atom stereocenters. The van der Waals surface area contributed by atoms with E-state index in [4.69, 9.17) is 4.74 Å². The van der Waals surface area contributed by atoms with Crippen molar-refractivity contribution >= 4 is 17.7 Å². The van der Waals surface area contributed by atoms with Crippen LogP contribution in [0.25, 0.3) is 0 Å². The van der Waals surface area contributed by atoms with Crippen molar-refractivity contribution in [2.75, 3.05) is 5.32 Å². The fourth-order valence-electron chi connectivity index (χ4n) is 2.08. The average Bonchev–Trinajstić information content (AvgIpc) is 2.53. The zero-order chi connectivity index (χ0) is 13.2. The number of rotatable bonds is 3. The van der Waals surface area contributed by atoms with Crippen molar-refractivity contribution in [3.8, 4) is 0 Å². The van der Waals surface area contributed by atoms with Gasteiger partial charge < -0.3 is 10.1 Å². The van der Waals surface area contributed by atoms with Gasteiger partial charge in [0.05, 0.1) is 5.92 Å². The minimum absolute atomic E-state index is 0.138. The lowest BCUT2D eigenvalue weighted by atomic mass is 9.95. The molecule has 0 saturated carbocycles. The summed E-state index contributed by atoms with van der Waals surface area (Å²) in [4.78, 5) is 27.3. The van der Waals surface area contributed by atoms with Gasteiger partial charge in [-0.2, -0.15) is 0 Å². The highest BCUT2D eigenvalue weighted by molar-refractivity contribution is 5.92. The number of nitrogens with zero attached hydrogens (tertiary/aromatic N) is 1. The van der Waals surface area contributed by atoms with Crippen LogP contribution in [0.1, 0.15) is 26.7 Å². The molecule has 2 heterocycles. The van der Waals surface area contributed by atoms with Crippen LogP contribution in [0.4, 0.5) is 5.82 Å². The molecule has 5 nitrogen and oxygen atoms in total. The van der Waals surface area contributed by atoms with E-state index >= 15 is 0 Å². The second-order valence-electron chi connectivity index (χ2n) is 5.05. The van der Waals surface area contributed by atoms with Gasteiger partial charge in [0, 0.05) is 19.0 Å². The first-order valence-corrected chi connectivity index (χ1v) is 5.90. The molecule has 1 aromatic rings. The lowest BCUT2D eigenvalue weighted by molar-refractivity contribution is -0.149. The summed E-state index contributed by atoms with van der Waals surface area (Å²) >= 11 is 0. The molecule has 18 heavy (non-hydrogen) atoms. The van der Waals surface area contributed by atoms with E-state index in [1.807, 2.05) is 13.8 Å². The van der Waals surface area contributed by atoms with Gasteiger partial charge in [-0.05, 0) is 26.0 Å². The zero-order valence-corrected chi connectivity index (χ0v) is 10.5. The molecule has 96 valence electrons. The van der Waals surface area contributed by atoms with Crippen LogP contribution in [0.3, 0.4) is 0 Å². The van der Waals surface area contributed by atoms with Crippen molar-refractivity contribution in [2.45, 2.75) is 32.3 Å². The Morgan fingerprint density at radius 1 is 1.56 bits per heavy atom. The van der Waals surface area contributed by atoms with Crippen LogP contribution in [0.15, 0.2) is 24.4 Å². The van der Waals surface area contributed by atoms with Gasteiger partial charge in [-0.15, -0.1) is 0 Å². The topological polar surface area (TPSA) is 68.3 Å². The third kappa shape index (κ3) is 3.06. The number of pyridine rings is 1. The van der Waals surface area contributed by atoms with Crippen molar-refractivity contribution in [1.82, 2.24) is 4.98 Å². The summed E-state index contributed by atoms with van der Waals surface area (Å²) in [5.41, 5.74) is -0.465. The Bertz CT molecular complexity index is 457. The van der Waals surface area contributed by atoms with E-state index in [-0.39, 0.29) is 24.2 Å². The minimum atomic E-state index is -0.465. The molecule has 0 aliphatic carbocycles. The molecule has 1 atom stereocenters. The van der Waals surface area contributed by atoms with Gasteiger partial charge in [-0.3, -0.25) is 9.59 Å². The maximum atomic E-state index is 11.8. The highest BCUT2D eigenvalue weighted by atomic mass is 16.6. The average molecular weight is 248 g/mol. The summed E-state index contributed by atoms with van der Waals surface area (Å²) in [6.45, 7) is 3.70. The molecule has 1 aromatic heterocycles. The number of aromatic nitrogens is 1. The van der Waals surface area contributed by atoms with E-state index in [9.17, 15) is 9.59 Å². The number of esters is 1. The van der Waals surface area contributed by atoms with Gasteiger partial charge in [-0.1, -0.05) is 6.07 Å². The predicted octanol–water partition coefficient (Wildman–Crippen LogP) is 1.75. The highest BCUT2D eigenvalue weighted by Crippen LogP contribution is 2.32. The van der Waals surface area contributed by atoms with E-state index in [2.05, 4.69) is 10.3 Å². The summed E-state index contributed by atoms with van der Waals surface area (Å²) in [5, 5.41) is 2.66. The largest absolute Gasteiger partial charge is 0.459 e. The molecular formula is C13H16N2O3. The molecule has 2 rings (SSSR count). The highest BCUT2D eigenvalue weighted by Gasteiger charge is 2.40. The monoisotopic (exact) mass is 248 g/mol. The number of carbonyl (C=O) groups is 2. The fourth-order valence-corrected chi connectivity index (χ4v) is 2.08. The standard InChI is InChI=1S/C13H16N2O3/c1-13(2)8-9(12(17)18-13)7-11(16)15-10-5-3-4-6-14-10/h3-6,9H,7-8H2,1-2H3,(H,14,15,16)/t9-/m1/s1. The molecule has 0 radical (unpaired) electrons. The van der Waals surface area contributed by atoms with Crippen molar-refractivity contribution in [1.29, 1.82) is 0 Å². The summed E-state index contributed by atoms with van der Waals surface area (Å²) in [7, 11) is 0. The van der Waals surface area contributed by atoms with E-state index in [1.165, 1.54) is 0 Å². The van der Waals surface area contributed by atoms with E-state index in [1.54, 1.807) is 24.4 Å². The van der Waals surface area contributed by atoms with Crippen LogP contribution in [0.5, 0.6) is 0 Å². The molecule has 1 N–H and O–H groups in total. The van der Waals surface area contributed by atoms with Crippen LogP contribution < -0.4 is 5.32 Å². The first kappa shape index (κ1) is 12.5. The Morgan fingerprint density at radius 2 is 2.33 bits per heavy atom. The first-order valence-electron chi connectivity index (χ1n) is 5.90. The molecular weight excluding hydrogens is 232 g/mol. The summed E-state index contributed by atoms with van der Waals surface area (Å²) in [6, 6.07) is 5.26. The third-order valence-corrected chi connectivity index (χ3v) is 2.81. The van der Waals surface area contributed by atoms with Crippen LogP contribution in [0, 0.1) is 5.92 Å². The van der Waals surface area contributed by atoms with Crippen molar-refractivity contribution in [3.63, 3.8) is 0 Å². The fraction of sp³-hybridized carbons (Fsp3) is 0.462. The number of amides is 1. The van der Waals surface area contributed by atoms with Gasteiger partial charge >= 0.3 is 5.97 Å². The summed E-state index contributed by atoms with van der Waals surface area (Å²) < 4.78 is 5.18. The summed E-state index contributed by atoms with van der Waals surface area (Å²) in [6.07, 6.45) is 2.31.